The van der Waals surface area contributed by atoms with E-state index in [1.807, 2.05) is 62.4 Å². The highest BCUT2D eigenvalue weighted by Gasteiger charge is 2.37. The largest absolute Gasteiger partial charge is 0.497 e. The number of benzene rings is 4. The molecule has 14 nitrogen and oxygen atoms in total. The summed E-state index contributed by atoms with van der Waals surface area (Å²) < 4.78 is 23.0. The fourth-order valence-corrected chi connectivity index (χ4v) is 13.9. The molecule has 3 N–H and O–H groups in total. The second kappa shape index (κ2) is 21.7. The van der Waals surface area contributed by atoms with E-state index in [9.17, 15) is 14.4 Å². The van der Waals surface area contributed by atoms with Crippen LogP contribution >= 0.6 is 0 Å². The minimum absolute atomic E-state index is 0.0229. The number of aromatic nitrogens is 5. The predicted molar refractivity (Wildman–Crippen MR) is 336 cm³/mol. The van der Waals surface area contributed by atoms with Gasteiger partial charge in [-0.15, -0.1) is 0 Å². The van der Waals surface area contributed by atoms with Gasteiger partial charge >= 0.3 is 11.9 Å². The first kappa shape index (κ1) is 54.3. The molecule has 0 fully saturated rings. The number of H-pyrrole nitrogens is 3. The molecule has 8 bridgehead atoms. The van der Waals surface area contributed by atoms with Gasteiger partial charge in [-0.05, 0) is 170 Å². The number of ketones is 1. The summed E-state index contributed by atoms with van der Waals surface area (Å²) in [6.07, 6.45) is 4.94. The Labute approximate surface area is 498 Å². The molecule has 4 aromatic heterocycles. The molecule has 3 aliphatic heterocycles. The summed E-state index contributed by atoms with van der Waals surface area (Å²) in [5.74, 6) is 1.85. The minimum Gasteiger partial charge on any atom is -0.497 e. The number of carbonyl (C=O) groups excluding carboxylic acids is 3. The van der Waals surface area contributed by atoms with E-state index in [-0.39, 0.29) is 49.6 Å². The van der Waals surface area contributed by atoms with Crippen LogP contribution in [-0.4, -0.2) is 75.0 Å². The van der Waals surface area contributed by atoms with E-state index in [1.165, 1.54) is 18.2 Å². The van der Waals surface area contributed by atoms with Gasteiger partial charge in [-0.2, -0.15) is 0 Å². The van der Waals surface area contributed by atoms with Crippen molar-refractivity contribution in [3.8, 4) is 33.9 Å². The van der Waals surface area contributed by atoms with Gasteiger partial charge < -0.3 is 33.9 Å². The number of aryl methyl sites for hydroxylation is 4. The van der Waals surface area contributed by atoms with Crippen molar-refractivity contribution < 1.29 is 33.3 Å². The molecule has 14 heteroatoms. The molecular weight excluding hydrogens is 1070 g/mol. The van der Waals surface area contributed by atoms with Gasteiger partial charge in [0.25, 0.3) is 0 Å². The van der Waals surface area contributed by atoms with Crippen LogP contribution in [0.2, 0.25) is 0 Å². The molecule has 86 heavy (non-hydrogen) atoms. The molecule has 0 amide bonds. The molecule has 4 aromatic carbocycles. The molecular formula is C72H65N7O7. The lowest BCUT2D eigenvalue weighted by Crippen LogP contribution is -2.16. The van der Waals surface area contributed by atoms with E-state index >= 15 is 0 Å². The third-order valence-electron chi connectivity index (χ3n) is 18.5. The molecule has 0 saturated carbocycles. The van der Waals surface area contributed by atoms with Gasteiger partial charge in [-0.25, -0.2) is 19.8 Å². The van der Waals surface area contributed by atoms with Crippen molar-refractivity contribution in [1.29, 1.82) is 0 Å². The monoisotopic (exact) mass is 1140 g/mol. The third-order valence-corrected chi connectivity index (χ3v) is 18.5. The minimum atomic E-state index is -0.515. The second-order valence-electron chi connectivity index (χ2n) is 23.2. The number of aliphatic imine (C=N–C) groups is 2. The van der Waals surface area contributed by atoms with Crippen LogP contribution in [-0.2, 0) is 51.4 Å². The van der Waals surface area contributed by atoms with Crippen molar-refractivity contribution in [3.63, 3.8) is 0 Å². The van der Waals surface area contributed by atoms with Gasteiger partial charge in [0.1, 0.15) is 23.9 Å². The highest BCUT2D eigenvalue weighted by molar-refractivity contribution is 6.41. The Bertz CT molecular complexity index is 4520. The Balaban J connectivity index is 0.768. The van der Waals surface area contributed by atoms with Crippen molar-refractivity contribution >= 4 is 73.9 Å². The molecule has 2 atom stereocenters. The fourth-order valence-electron chi connectivity index (χ4n) is 13.9. The van der Waals surface area contributed by atoms with E-state index in [1.54, 1.807) is 7.11 Å². The highest BCUT2D eigenvalue weighted by atomic mass is 16.6. The quantitative estimate of drug-likeness (QED) is 0.0945. The molecule has 430 valence electrons. The zero-order chi connectivity index (χ0) is 59.1. The van der Waals surface area contributed by atoms with E-state index in [4.69, 9.17) is 38.9 Å². The number of ether oxygens (including phenoxy) is 4. The van der Waals surface area contributed by atoms with Crippen molar-refractivity contribution in [3.05, 3.63) is 199 Å². The summed E-state index contributed by atoms with van der Waals surface area (Å²) >= 11 is 0. The van der Waals surface area contributed by atoms with Crippen molar-refractivity contribution in [2.45, 2.75) is 104 Å². The maximum Gasteiger partial charge on any atom is 0.344 e. The standard InChI is InChI=1S/C72H65N7O7/c1-8-47-37(2)56-33-60-54(39(4)55(74-60)32-57-38(3)48(27-28-62(81)84-7)67(75-57)53-31-61(80)64-40(5)58(76-70(53)64)34-59(47)73-56)35-86-63(82)36-85-46-22-26-50-44(30-46)20-24-52-66(42-17-13-10-14-18-42)72(78-69(50)52)79-71-65(41-15-11-9-12-16-41)51-23-19-43-29-45(83-6)21-25-49(43)68(51)77-71/h9-18,21-22,25-26,29-30,32-34,38,48,74,76-77H,8,19-20,23-24,27-28,31,35-36H2,1-7H3/b55-32?,56-33?,57-32?,58-34?,59-34?,60-33?,67-53?,79-72-/t38-,48-/m0/s1. The zero-order valence-corrected chi connectivity index (χ0v) is 49.3. The fraction of sp³-hybridized carbons (Fsp3) is 0.264. The Kier molecular flexibility index (Phi) is 13.7. The summed E-state index contributed by atoms with van der Waals surface area (Å²) in [5.41, 5.74) is 25.8. The normalized spacial score (nSPS) is 16.9. The van der Waals surface area contributed by atoms with E-state index in [0.717, 1.165) is 178 Å². The number of Topliss-reactive ketones (excluding diaryl/α,β-unsaturated/α-hetero) is 1. The van der Waals surface area contributed by atoms with Crippen molar-refractivity contribution in [1.82, 2.24) is 24.9 Å². The number of esters is 2. The molecule has 0 saturated heterocycles. The molecule has 3 aliphatic carbocycles. The average Bonchev–Trinajstić information content (AvgIpc) is 1.92. The summed E-state index contributed by atoms with van der Waals surface area (Å²) in [6, 6.07) is 39.3. The van der Waals surface area contributed by atoms with Gasteiger partial charge in [-0.3, -0.25) is 14.6 Å². The number of carbonyl (C=O) groups is 3. The van der Waals surface area contributed by atoms with Gasteiger partial charge in [0.05, 0.1) is 48.2 Å². The van der Waals surface area contributed by atoms with Gasteiger partial charge in [-0.1, -0.05) is 74.5 Å². The predicted octanol–water partition coefficient (Wildman–Crippen LogP) is 14.7. The Morgan fingerprint density at radius 2 is 1.43 bits per heavy atom. The van der Waals surface area contributed by atoms with E-state index < -0.39 is 5.97 Å². The van der Waals surface area contributed by atoms with E-state index in [0.29, 0.717) is 23.6 Å². The SMILES string of the molecule is CCC1=C(C)c2cc3[nH]c(cc4nc(c5c6[nH]c(cc1n2)c(C)c6C(=O)C5)[C@@H](CCC(=O)OC)[C@@H]4C)c(C)c3COC(=O)COc1ccc2c(c1)CCC1=C(c3ccccc3)/C(=N/c3[nH]c4c(c3-c3ccccc3)CCc3cc(OC)ccc3-4)N=C12. The van der Waals surface area contributed by atoms with Crippen LogP contribution < -0.4 is 9.47 Å². The van der Waals surface area contributed by atoms with Crippen molar-refractivity contribution in [2.75, 3.05) is 20.8 Å². The Morgan fingerprint density at radius 3 is 2.21 bits per heavy atom. The van der Waals surface area contributed by atoms with Crippen molar-refractivity contribution in [2.24, 2.45) is 9.98 Å². The lowest BCUT2D eigenvalue weighted by molar-refractivity contribution is -0.147. The lowest BCUT2D eigenvalue weighted by Gasteiger charge is -2.20. The number of fused-ring (bicyclic) bond motifs is 14. The highest BCUT2D eigenvalue weighted by Crippen LogP contribution is 2.48. The number of hydrogen-bond acceptors (Lipinski definition) is 10. The number of aromatic amines is 3. The summed E-state index contributed by atoms with van der Waals surface area (Å²) in [4.78, 5) is 72.8. The summed E-state index contributed by atoms with van der Waals surface area (Å²) in [5, 5.41) is 0. The van der Waals surface area contributed by atoms with Crippen LogP contribution in [0.15, 0.2) is 131 Å². The Morgan fingerprint density at radius 1 is 0.709 bits per heavy atom. The first-order valence-corrected chi connectivity index (χ1v) is 29.8. The number of nitrogens with one attached hydrogen (secondary N) is 3. The van der Waals surface area contributed by atoms with Crippen LogP contribution in [0.25, 0.3) is 61.2 Å². The molecule has 0 radical (unpaired) electrons. The number of allylic oxidation sites excluding steroid dienone is 3. The van der Waals surface area contributed by atoms with Crippen LogP contribution in [0.3, 0.4) is 0 Å². The first-order chi connectivity index (χ1) is 41.9. The smallest absolute Gasteiger partial charge is 0.344 e. The number of amidine groups is 1. The molecule has 8 aromatic rings. The molecule has 0 unspecified atom stereocenters. The molecule has 14 rings (SSSR count). The van der Waals surface area contributed by atoms with Crippen LogP contribution in [0.5, 0.6) is 11.5 Å². The lowest BCUT2D eigenvalue weighted by atomic mass is 9.83. The Hall–Kier alpha value is -9.69. The van der Waals surface area contributed by atoms with Crippen LogP contribution in [0, 0.1) is 13.8 Å². The maximum atomic E-state index is 13.9. The third kappa shape index (κ3) is 9.29. The summed E-state index contributed by atoms with van der Waals surface area (Å²) in [7, 11) is 3.11. The van der Waals surface area contributed by atoms with Crippen LogP contribution in [0.4, 0.5) is 5.82 Å². The number of rotatable bonds is 13. The molecule has 0 spiro atoms. The zero-order valence-electron chi connectivity index (χ0n) is 49.3. The van der Waals surface area contributed by atoms with Gasteiger partial charge in [0.2, 0.25) is 0 Å². The average molecular weight is 1140 g/mol. The number of methoxy groups -OCH3 is 2. The molecule has 6 aliphatic rings. The number of nitrogens with zero attached hydrogens (tertiary/aromatic N) is 4. The van der Waals surface area contributed by atoms with Gasteiger partial charge in [0.15, 0.2) is 18.2 Å². The topological polar surface area (TPSA) is 186 Å². The maximum absolute atomic E-state index is 13.9. The number of hydrogen-bond donors (Lipinski definition) is 3. The summed E-state index contributed by atoms with van der Waals surface area (Å²) in [6.45, 7) is 10.0. The second-order valence-corrected chi connectivity index (χ2v) is 23.2. The van der Waals surface area contributed by atoms with Crippen LogP contribution in [0.1, 0.15) is 141 Å². The van der Waals surface area contributed by atoms with E-state index in [2.05, 4.69) is 102 Å². The van der Waals surface area contributed by atoms with Gasteiger partial charge in [0, 0.05) is 85.9 Å². The molecule has 7 heterocycles. The first-order valence-electron chi connectivity index (χ1n) is 29.8.